The lowest BCUT2D eigenvalue weighted by molar-refractivity contribution is -0.126. The molecule has 0 unspecified atom stereocenters. The van der Waals surface area contributed by atoms with Crippen LogP contribution in [0.15, 0.2) is 23.0 Å². The van der Waals surface area contributed by atoms with Gasteiger partial charge >= 0.3 is 0 Å². The van der Waals surface area contributed by atoms with Crippen LogP contribution < -0.4 is 10.3 Å². The molecule has 0 saturated carbocycles. The van der Waals surface area contributed by atoms with Crippen LogP contribution in [0, 0.1) is 5.41 Å². The van der Waals surface area contributed by atoms with E-state index in [0.29, 0.717) is 22.5 Å². The Hall–Kier alpha value is -2.17. The summed E-state index contributed by atoms with van der Waals surface area (Å²) in [6, 6.07) is 5.35. The Morgan fingerprint density at radius 2 is 1.79 bits per heavy atom. The molecule has 1 aromatic heterocycles. The second kappa shape index (κ2) is 6.04. The lowest BCUT2D eigenvalue weighted by Crippen LogP contribution is -2.36. The van der Waals surface area contributed by atoms with Crippen molar-refractivity contribution >= 4 is 16.8 Å². The molecule has 0 aliphatic rings. The predicted octanol–water partition coefficient (Wildman–Crippen LogP) is 3.32. The van der Waals surface area contributed by atoms with Crippen molar-refractivity contribution in [1.29, 1.82) is 0 Å². The number of fused-ring (bicyclic) bond motifs is 1. The molecule has 130 valence electrons. The number of carbonyl (C=O) groups is 1. The number of rotatable bonds is 3. The Morgan fingerprint density at radius 3 is 2.29 bits per heavy atom. The second-order valence-electron chi connectivity index (χ2n) is 8.13. The van der Waals surface area contributed by atoms with Gasteiger partial charge in [-0.15, -0.1) is 0 Å². The lowest BCUT2D eigenvalue weighted by atomic mass is 9.90. The third-order valence-corrected chi connectivity index (χ3v) is 4.00. The molecule has 0 amide bonds. The van der Waals surface area contributed by atoms with Gasteiger partial charge in [-0.1, -0.05) is 41.5 Å². The molecule has 5 nitrogen and oxygen atoms in total. The van der Waals surface area contributed by atoms with Gasteiger partial charge < -0.3 is 4.74 Å². The largest absolute Gasteiger partial charge is 0.497 e. The molecule has 2 aromatic rings. The van der Waals surface area contributed by atoms with Crippen LogP contribution in [-0.2, 0) is 16.8 Å². The predicted molar refractivity (Wildman–Crippen MR) is 95.7 cm³/mol. The number of ether oxygens (including phenoxy) is 1. The normalized spacial score (nSPS) is 12.5. The van der Waals surface area contributed by atoms with Crippen molar-refractivity contribution in [3.05, 3.63) is 34.2 Å². The first-order valence-electron chi connectivity index (χ1n) is 8.07. The number of nitrogens with zero attached hydrogens (tertiary/aromatic N) is 2. The molecule has 5 heteroatoms. The summed E-state index contributed by atoms with van der Waals surface area (Å²) < 4.78 is 6.80. The summed E-state index contributed by atoms with van der Waals surface area (Å²) in [7, 11) is 1.59. The van der Waals surface area contributed by atoms with Crippen LogP contribution in [0.3, 0.4) is 0 Å². The highest BCUT2D eigenvalue weighted by molar-refractivity contribution is 5.85. The Labute approximate surface area is 142 Å². The van der Waals surface area contributed by atoms with E-state index < -0.39 is 10.8 Å². The van der Waals surface area contributed by atoms with E-state index in [4.69, 9.17) is 4.74 Å². The average Bonchev–Trinajstić information content (AvgIpc) is 2.46. The van der Waals surface area contributed by atoms with Gasteiger partial charge in [-0.25, -0.2) is 4.98 Å². The highest BCUT2D eigenvalue weighted by Crippen LogP contribution is 2.24. The molecule has 24 heavy (non-hydrogen) atoms. The molecule has 1 heterocycles. The van der Waals surface area contributed by atoms with Gasteiger partial charge in [-0.3, -0.25) is 14.2 Å². The molecule has 0 atom stereocenters. The summed E-state index contributed by atoms with van der Waals surface area (Å²) >= 11 is 0. The lowest BCUT2D eigenvalue weighted by Gasteiger charge is -2.22. The van der Waals surface area contributed by atoms with Crippen molar-refractivity contribution < 1.29 is 9.53 Å². The van der Waals surface area contributed by atoms with E-state index in [1.54, 1.807) is 25.3 Å². The smallest absolute Gasteiger partial charge is 0.273 e. The fourth-order valence-electron chi connectivity index (χ4n) is 2.38. The van der Waals surface area contributed by atoms with Crippen molar-refractivity contribution in [2.24, 2.45) is 5.41 Å². The summed E-state index contributed by atoms with van der Waals surface area (Å²) in [4.78, 5) is 30.0. The number of ketones is 1. The van der Waals surface area contributed by atoms with E-state index in [0.717, 1.165) is 0 Å². The van der Waals surface area contributed by atoms with Crippen LogP contribution in [0.2, 0.25) is 0 Å². The Morgan fingerprint density at radius 1 is 1.17 bits per heavy atom. The van der Waals surface area contributed by atoms with Crippen LogP contribution in [0.25, 0.3) is 11.0 Å². The molecule has 0 N–H and O–H groups in total. The van der Waals surface area contributed by atoms with Crippen LogP contribution in [0.5, 0.6) is 5.75 Å². The third-order valence-electron chi connectivity index (χ3n) is 4.00. The SMILES string of the molecule is COc1ccc2c(c1)nc(C(C)(C)C)c(=O)n2CC(=O)C(C)(C)C. The molecule has 0 radical (unpaired) electrons. The number of hydrogen-bond acceptors (Lipinski definition) is 4. The zero-order chi connectivity index (χ0) is 18.3. The minimum absolute atomic E-state index is 0.00720. The first-order valence-corrected chi connectivity index (χ1v) is 8.07. The minimum atomic E-state index is -0.511. The number of benzene rings is 1. The Kier molecular flexibility index (Phi) is 4.57. The van der Waals surface area contributed by atoms with Crippen molar-refractivity contribution in [2.75, 3.05) is 7.11 Å². The molecule has 1 aromatic carbocycles. The van der Waals surface area contributed by atoms with E-state index in [2.05, 4.69) is 4.98 Å². The van der Waals surface area contributed by atoms with Crippen LogP contribution in [0.4, 0.5) is 0 Å². The Bertz CT molecular complexity index is 837. The van der Waals surface area contributed by atoms with Gasteiger partial charge in [0.1, 0.15) is 11.4 Å². The second-order valence-corrected chi connectivity index (χ2v) is 8.13. The van der Waals surface area contributed by atoms with Crippen LogP contribution >= 0.6 is 0 Å². The number of methoxy groups -OCH3 is 1. The van der Waals surface area contributed by atoms with E-state index >= 15 is 0 Å². The molecular formula is C19H26N2O3. The summed E-state index contributed by atoms with van der Waals surface area (Å²) in [6.07, 6.45) is 0. The van der Waals surface area contributed by atoms with Gasteiger partial charge in [0.25, 0.3) is 5.56 Å². The molecule has 0 fully saturated rings. The summed E-state index contributed by atoms with van der Waals surface area (Å²) in [5.41, 5.74) is 0.610. The van der Waals surface area contributed by atoms with Gasteiger partial charge in [0.05, 0.1) is 24.7 Å². The maximum atomic E-state index is 13.0. The quantitative estimate of drug-likeness (QED) is 0.866. The number of Topliss-reactive ketones (excluding diaryl/α,β-unsaturated/α-hetero) is 1. The minimum Gasteiger partial charge on any atom is -0.497 e. The number of carbonyl (C=O) groups excluding carboxylic acids is 1. The maximum Gasteiger partial charge on any atom is 0.273 e. The van der Waals surface area contributed by atoms with Crippen molar-refractivity contribution in [3.63, 3.8) is 0 Å². The summed E-state index contributed by atoms with van der Waals surface area (Å²) in [5.74, 6) is 0.676. The highest BCUT2D eigenvalue weighted by Gasteiger charge is 2.26. The van der Waals surface area contributed by atoms with Crippen LogP contribution in [0.1, 0.15) is 47.2 Å². The standard InChI is InChI=1S/C19H26N2O3/c1-18(2,3)15(22)11-21-14-9-8-12(24-7)10-13(14)20-16(17(21)23)19(4,5)6/h8-10H,11H2,1-7H3. The Balaban J connectivity index is 2.77. The first-order chi connectivity index (χ1) is 10.9. The average molecular weight is 330 g/mol. The highest BCUT2D eigenvalue weighted by atomic mass is 16.5. The molecular weight excluding hydrogens is 304 g/mol. The van der Waals surface area contributed by atoms with E-state index in [1.807, 2.05) is 41.5 Å². The van der Waals surface area contributed by atoms with Gasteiger partial charge in [0, 0.05) is 16.9 Å². The van der Waals surface area contributed by atoms with Crippen molar-refractivity contribution in [3.8, 4) is 5.75 Å². The van der Waals surface area contributed by atoms with E-state index in [1.165, 1.54) is 4.57 Å². The van der Waals surface area contributed by atoms with Gasteiger partial charge in [-0.2, -0.15) is 0 Å². The van der Waals surface area contributed by atoms with E-state index in [9.17, 15) is 9.59 Å². The number of aromatic nitrogens is 2. The molecule has 2 rings (SSSR count). The molecule has 0 spiro atoms. The number of hydrogen-bond donors (Lipinski definition) is 0. The summed E-state index contributed by atoms with van der Waals surface area (Å²) in [6.45, 7) is 11.4. The monoisotopic (exact) mass is 330 g/mol. The van der Waals surface area contributed by atoms with Gasteiger partial charge in [0.2, 0.25) is 0 Å². The fraction of sp³-hybridized carbons (Fsp3) is 0.526. The van der Waals surface area contributed by atoms with E-state index in [-0.39, 0.29) is 17.9 Å². The third kappa shape index (κ3) is 3.50. The maximum absolute atomic E-state index is 13.0. The molecule has 0 bridgehead atoms. The zero-order valence-corrected chi connectivity index (χ0v) is 15.6. The fourth-order valence-corrected chi connectivity index (χ4v) is 2.38. The van der Waals surface area contributed by atoms with Gasteiger partial charge in [-0.05, 0) is 12.1 Å². The zero-order valence-electron chi connectivity index (χ0n) is 15.6. The topological polar surface area (TPSA) is 61.2 Å². The molecule has 0 aliphatic heterocycles. The summed E-state index contributed by atoms with van der Waals surface area (Å²) in [5, 5.41) is 0. The van der Waals surface area contributed by atoms with Crippen molar-refractivity contribution in [2.45, 2.75) is 53.5 Å². The van der Waals surface area contributed by atoms with Gasteiger partial charge in [0.15, 0.2) is 5.78 Å². The van der Waals surface area contributed by atoms with Crippen LogP contribution in [-0.4, -0.2) is 22.4 Å². The molecule has 0 aliphatic carbocycles. The first kappa shape index (κ1) is 18.2. The van der Waals surface area contributed by atoms with Crippen molar-refractivity contribution in [1.82, 2.24) is 9.55 Å². The molecule has 0 saturated heterocycles.